The molecule has 0 radical (unpaired) electrons. The van der Waals surface area contributed by atoms with Crippen molar-refractivity contribution in [1.82, 2.24) is 0 Å². The minimum atomic E-state index is -0.780. The van der Waals surface area contributed by atoms with Gasteiger partial charge in [-0.2, -0.15) is 0 Å². The number of nitrogens with one attached hydrogen (secondary N) is 1. The van der Waals surface area contributed by atoms with Gasteiger partial charge < -0.3 is 14.5 Å². The van der Waals surface area contributed by atoms with E-state index in [1.54, 1.807) is 18.2 Å². The Labute approximate surface area is 136 Å². The number of carbonyl (C=O) groups is 1. The Kier molecular flexibility index (Phi) is 4.56. The van der Waals surface area contributed by atoms with Crippen LogP contribution < -0.4 is 10.1 Å². The summed E-state index contributed by atoms with van der Waals surface area (Å²) in [6.07, 6.45) is 1.35. The standard InChI is InChI=1S/C18H13F2NO3/c19-13-8-14(20)10-15(9-13)21-18(22)17-12(6-7-23-17)11-24-16-4-2-1-3-5-16/h1-10H,11H2,(H,21,22). The molecule has 0 bridgehead atoms. The van der Waals surface area contributed by atoms with Gasteiger partial charge in [-0.1, -0.05) is 18.2 Å². The van der Waals surface area contributed by atoms with Crippen molar-refractivity contribution in [3.63, 3.8) is 0 Å². The van der Waals surface area contributed by atoms with Crippen LogP contribution in [0, 0.1) is 11.6 Å². The van der Waals surface area contributed by atoms with E-state index in [-0.39, 0.29) is 18.1 Å². The van der Waals surface area contributed by atoms with Crippen molar-refractivity contribution < 1.29 is 22.7 Å². The number of ether oxygens (including phenoxy) is 1. The Morgan fingerprint density at radius 1 is 1.04 bits per heavy atom. The van der Waals surface area contributed by atoms with E-state index in [0.29, 0.717) is 11.3 Å². The van der Waals surface area contributed by atoms with E-state index in [0.717, 1.165) is 18.2 Å². The predicted octanol–water partition coefficient (Wildman–Crippen LogP) is 4.39. The highest BCUT2D eigenvalue weighted by molar-refractivity contribution is 6.03. The molecule has 122 valence electrons. The third kappa shape index (κ3) is 3.78. The number of furan rings is 1. The van der Waals surface area contributed by atoms with E-state index < -0.39 is 17.5 Å². The van der Waals surface area contributed by atoms with Gasteiger partial charge in [-0.3, -0.25) is 4.79 Å². The first kappa shape index (κ1) is 15.7. The van der Waals surface area contributed by atoms with Crippen LogP contribution >= 0.6 is 0 Å². The lowest BCUT2D eigenvalue weighted by molar-refractivity contribution is 0.0993. The highest BCUT2D eigenvalue weighted by Crippen LogP contribution is 2.18. The average Bonchev–Trinajstić information content (AvgIpc) is 3.01. The van der Waals surface area contributed by atoms with Crippen LogP contribution in [0.15, 0.2) is 65.3 Å². The third-order valence-electron chi connectivity index (χ3n) is 3.21. The molecule has 0 saturated carbocycles. The zero-order valence-electron chi connectivity index (χ0n) is 12.5. The van der Waals surface area contributed by atoms with Gasteiger partial charge in [0.25, 0.3) is 5.91 Å². The molecule has 0 fully saturated rings. The second-order valence-electron chi connectivity index (χ2n) is 4.99. The van der Waals surface area contributed by atoms with Crippen LogP contribution in [0.1, 0.15) is 16.1 Å². The normalized spacial score (nSPS) is 10.4. The summed E-state index contributed by atoms with van der Waals surface area (Å²) in [6, 6.07) is 13.5. The lowest BCUT2D eigenvalue weighted by atomic mass is 10.2. The fraction of sp³-hybridized carbons (Fsp3) is 0.0556. The number of carbonyl (C=O) groups excluding carboxylic acids is 1. The number of anilines is 1. The van der Waals surface area contributed by atoms with Crippen molar-refractivity contribution >= 4 is 11.6 Å². The van der Waals surface area contributed by atoms with Gasteiger partial charge in [-0.15, -0.1) is 0 Å². The van der Waals surface area contributed by atoms with Gasteiger partial charge >= 0.3 is 0 Å². The molecule has 3 aromatic rings. The summed E-state index contributed by atoms with van der Waals surface area (Å²) in [6.45, 7) is 0.126. The Balaban J connectivity index is 1.71. The van der Waals surface area contributed by atoms with Crippen LogP contribution in [0.5, 0.6) is 5.75 Å². The first-order chi connectivity index (χ1) is 11.6. The van der Waals surface area contributed by atoms with Gasteiger partial charge in [0.15, 0.2) is 5.76 Å². The van der Waals surface area contributed by atoms with Gasteiger partial charge in [-0.25, -0.2) is 8.78 Å². The van der Waals surface area contributed by atoms with Gasteiger partial charge in [0.2, 0.25) is 0 Å². The van der Waals surface area contributed by atoms with Crippen molar-refractivity contribution in [3.8, 4) is 5.75 Å². The zero-order chi connectivity index (χ0) is 16.9. The molecular formula is C18H13F2NO3. The van der Waals surface area contributed by atoms with E-state index in [9.17, 15) is 13.6 Å². The Morgan fingerprint density at radius 3 is 2.46 bits per heavy atom. The second-order valence-corrected chi connectivity index (χ2v) is 4.99. The topological polar surface area (TPSA) is 51.5 Å². The van der Waals surface area contributed by atoms with Crippen molar-refractivity contribution in [2.24, 2.45) is 0 Å². The van der Waals surface area contributed by atoms with Crippen LogP contribution in [0.4, 0.5) is 14.5 Å². The molecule has 0 aliphatic carbocycles. The summed E-state index contributed by atoms with van der Waals surface area (Å²) in [5, 5.41) is 2.40. The smallest absolute Gasteiger partial charge is 0.291 e. The van der Waals surface area contributed by atoms with Gasteiger partial charge in [0.05, 0.1) is 6.26 Å². The van der Waals surface area contributed by atoms with E-state index in [1.807, 2.05) is 18.2 Å². The number of amides is 1. The Bertz CT molecular complexity index is 826. The van der Waals surface area contributed by atoms with Crippen molar-refractivity contribution in [1.29, 1.82) is 0 Å². The van der Waals surface area contributed by atoms with Crippen molar-refractivity contribution in [2.75, 3.05) is 5.32 Å². The van der Waals surface area contributed by atoms with Crippen molar-refractivity contribution in [3.05, 3.63) is 83.8 Å². The van der Waals surface area contributed by atoms with Crippen LogP contribution in [0.25, 0.3) is 0 Å². The maximum atomic E-state index is 13.2. The Hall–Kier alpha value is -3.15. The van der Waals surface area contributed by atoms with Crippen molar-refractivity contribution in [2.45, 2.75) is 6.61 Å². The largest absolute Gasteiger partial charge is 0.489 e. The minimum absolute atomic E-state index is 0.00354. The van der Waals surface area contributed by atoms with Crippen LogP contribution in [0.2, 0.25) is 0 Å². The number of benzene rings is 2. The summed E-state index contributed by atoms with van der Waals surface area (Å²) < 4.78 is 37.1. The van der Waals surface area contributed by atoms with Gasteiger partial charge in [0, 0.05) is 17.3 Å². The molecule has 1 N–H and O–H groups in total. The fourth-order valence-corrected chi connectivity index (χ4v) is 2.14. The summed E-state index contributed by atoms with van der Waals surface area (Å²) in [4.78, 5) is 12.2. The quantitative estimate of drug-likeness (QED) is 0.755. The summed E-state index contributed by atoms with van der Waals surface area (Å²) in [5.74, 6) is -1.50. The molecule has 1 amide bonds. The zero-order valence-corrected chi connectivity index (χ0v) is 12.5. The molecule has 0 aliphatic rings. The molecule has 24 heavy (non-hydrogen) atoms. The van der Waals surface area contributed by atoms with E-state index >= 15 is 0 Å². The highest BCUT2D eigenvalue weighted by atomic mass is 19.1. The number of hydrogen-bond acceptors (Lipinski definition) is 3. The maximum absolute atomic E-state index is 13.2. The minimum Gasteiger partial charge on any atom is -0.489 e. The molecule has 0 aliphatic heterocycles. The number of halogens is 2. The molecule has 1 heterocycles. The fourth-order valence-electron chi connectivity index (χ4n) is 2.14. The number of para-hydroxylation sites is 1. The second kappa shape index (κ2) is 6.95. The summed E-state index contributed by atoms with van der Waals surface area (Å²) in [5.41, 5.74) is 0.525. The van der Waals surface area contributed by atoms with E-state index in [2.05, 4.69) is 5.32 Å². The van der Waals surface area contributed by atoms with Gasteiger partial charge in [-0.05, 0) is 30.3 Å². The Morgan fingerprint density at radius 2 is 1.75 bits per heavy atom. The van der Waals surface area contributed by atoms with E-state index in [1.165, 1.54) is 6.26 Å². The SMILES string of the molecule is O=C(Nc1cc(F)cc(F)c1)c1occc1COc1ccccc1. The van der Waals surface area contributed by atoms with Gasteiger partial charge in [0.1, 0.15) is 24.0 Å². The first-order valence-corrected chi connectivity index (χ1v) is 7.13. The predicted molar refractivity (Wildman–Crippen MR) is 83.8 cm³/mol. The first-order valence-electron chi connectivity index (χ1n) is 7.13. The van der Waals surface area contributed by atoms with Crippen LogP contribution in [-0.2, 0) is 6.61 Å². The maximum Gasteiger partial charge on any atom is 0.291 e. The molecular weight excluding hydrogens is 316 g/mol. The van der Waals surface area contributed by atoms with Crippen LogP contribution in [-0.4, -0.2) is 5.91 Å². The molecule has 0 saturated heterocycles. The summed E-state index contributed by atoms with van der Waals surface area (Å²) in [7, 11) is 0. The summed E-state index contributed by atoms with van der Waals surface area (Å²) >= 11 is 0. The molecule has 1 aromatic heterocycles. The lowest BCUT2D eigenvalue weighted by Crippen LogP contribution is -2.14. The highest BCUT2D eigenvalue weighted by Gasteiger charge is 2.17. The average molecular weight is 329 g/mol. The number of rotatable bonds is 5. The van der Waals surface area contributed by atoms with E-state index in [4.69, 9.17) is 9.15 Å². The molecule has 0 unspecified atom stereocenters. The molecule has 0 spiro atoms. The monoisotopic (exact) mass is 329 g/mol. The number of hydrogen-bond donors (Lipinski definition) is 1. The molecule has 0 atom stereocenters. The lowest BCUT2D eigenvalue weighted by Gasteiger charge is -2.07. The molecule has 6 heteroatoms. The molecule has 4 nitrogen and oxygen atoms in total. The third-order valence-corrected chi connectivity index (χ3v) is 3.21. The molecule has 2 aromatic carbocycles. The molecule has 3 rings (SSSR count). The van der Waals surface area contributed by atoms with Crippen LogP contribution in [0.3, 0.4) is 0 Å².